The molecule has 2 aliphatic heterocycles. The highest BCUT2D eigenvalue weighted by molar-refractivity contribution is 5.85. The number of aryl methyl sites for hydroxylation is 1. The van der Waals surface area contributed by atoms with E-state index in [0.29, 0.717) is 31.2 Å². The fourth-order valence-electron chi connectivity index (χ4n) is 4.82. The van der Waals surface area contributed by atoms with Gasteiger partial charge >= 0.3 is 6.18 Å². The predicted molar refractivity (Wildman–Crippen MR) is 127 cm³/mol. The molecule has 2 aliphatic rings. The quantitative estimate of drug-likeness (QED) is 0.581. The highest BCUT2D eigenvalue weighted by Crippen LogP contribution is 2.40. The van der Waals surface area contributed by atoms with E-state index in [1.54, 1.807) is 12.1 Å². The van der Waals surface area contributed by atoms with E-state index in [0.717, 1.165) is 60.3 Å². The van der Waals surface area contributed by atoms with E-state index < -0.39 is 11.7 Å². The summed E-state index contributed by atoms with van der Waals surface area (Å²) in [6.45, 7) is 4.65. The Labute approximate surface area is 205 Å². The molecule has 0 unspecified atom stereocenters. The number of hydrogen-bond acceptors (Lipinski definition) is 4. The highest BCUT2D eigenvalue weighted by atomic mass is 35.5. The summed E-state index contributed by atoms with van der Waals surface area (Å²) in [5, 5.41) is 10.6. The van der Waals surface area contributed by atoms with Crippen LogP contribution in [-0.2, 0) is 23.9 Å². The maximum atomic E-state index is 12.7. The standard InChI is InChI=1S/C24H29F3N2O2.2ClH/c1-15-2-7-19-20(23(15)30)12-21(31-22(19)13-28)17-8-10-29(11-9-17)14-16-3-5-18(6-4-16)24(25,26)27;;/h2-7,17,21-22,30H,8-14,28H2,1H3;2*1H/t21-,22-;;/m0../s1. The number of phenolic OH excluding ortho intramolecular Hbond substituents is 1. The molecule has 1 fully saturated rings. The van der Waals surface area contributed by atoms with Gasteiger partial charge in [-0.05, 0) is 67.6 Å². The van der Waals surface area contributed by atoms with Gasteiger partial charge in [-0.15, -0.1) is 24.8 Å². The van der Waals surface area contributed by atoms with Crippen LogP contribution in [-0.4, -0.2) is 35.7 Å². The molecule has 2 aromatic rings. The second kappa shape index (κ2) is 11.3. The average Bonchev–Trinajstić information content (AvgIpc) is 2.76. The molecule has 0 radical (unpaired) electrons. The fourth-order valence-corrected chi connectivity index (χ4v) is 4.82. The normalized spacial score (nSPS) is 21.6. The van der Waals surface area contributed by atoms with E-state index in [4.69, 9.17) is 10.5 Å². The van der Waals surface area contributed by atoms with Crippen molar-refractivity contribution in [3.05, 3.63) is 64.2 Å². The Balaban J connectivity index is 0.00000193. The van der Waals surface area contributed by atoms with Gasteiger partial charge in [0.2, 0.25) is 0 Å². The van der Waals surface area contributed by atoms with Gasteiger partial charge in [0.25, 0.3) is 0 Å². The minimum Gasteiger partial charge on any atom is -0.507 e. The summed E-state index contributed by atoms with van der Waals surface area (Å²) in [6.07, 6.45) is -1.91. The van der Waals surface area contributed by atoms with Crippen LogP contribution in [0.15, 0.2) is 36.4 Å². The summed E-state index contributed by atoms with van der Waals surface area (Å²) in [7, 11) is 0. The first-order valence-corrected chi connectivity index (χ1v) is 10.8. The Morgan fingerprint density at radius 1 is 1.06 bits per heavy atom. The molecule has 0 aliphatic carbocycles. The molecule has 0 aromatic heterocycles. The van der Waals surface area contributed by atoms with Crippen LogP contribution in [0.3, 0.4) is 0 Å². The first-order valence-electron chi connectivity index (χ1n) is 10.8. The van der Waals surface area contributed by atoms with E-state index in [9.17, 15) is 18.3 Å². The zero-order valence-electron chi connectivity index (χ0n) is 18.5. The Hall–Kier alpha value is -1.51. The molecule has 2 atom stereocenters. The van der Waals surface area contributed by atoms with E-state index in [1.807, 2.05) is 19.1 Å². The van der Waals surface area contributed by atoms with Crippen LogP contribution in [0.2, 0.25) is 0 Å². The Kier molecular flexibility index (Phi) is 9.48. The second-order valence-corrected chi connectivity index (χ2v) is 8.71. The van der Waals surface area contributed by atoms with Crippen molar-refractivity contribution < 1.29 is 23.0 Å². The van der Waals surface area contributed by atoms with Crippen molar-refractivity contribution in [2.45, 2.75) is 51.1 Å². The molecule has 4 rings (SSSR count). The maximum Gasteiger partial charge on any atom is 0.416 e. The van der Waals surface area contributed by atoms with Crippen LogP contribution < -0.4 is 5.73 Å². The van der Waals surface area contributed by atoms with Gasteiger partial charge in [0, 0.05) is 25.1 Å². The van der Waals surface area contributed by atoms with Crippen LogP contribution in [0.25, 0.3) is 0 Å². The average molecular weight is 507 g/mol. The van der Waals surface area contributed by atoms with Crippen molar-refractivity contribution in [2.75, 3.05) is 19.6 Å². The van der Waals surface area contributed by atoms with Crippen molar-refractivity contribution >= 4 is 24.8 Å². The monoisotopic (exact) mass is 506 g/mol. The molecule has 0 spiro atoms. The van der Waals surface area contributed by atoms with Gasteiger partial charge in [0.05, 0.1) is 17.8 Å². The van der Waals surface area contributed by atoms with Crippen LogP contribution in [0.4, 0.5) is 13.2 Å². The lowest BCUT2D eigenvalue weighted by molar-refractivity contribution is -0.137. The summed E-state index contributed by atoms with van der Waals surface area (Å²) < 4.78 is 44.6. The molecule has 33 heavy (non-hydrogen) atoms. The SMILES string of the molecule is Cc1ccc2c(c1O)C[C@@H](C1CCN(Cc3ccc(C(F)(F)F)cc3)CC1)O[C@H]2CN.Cl.Cl. The Bertz CT molecular complexity index is 917. The Morgan fingerprint density at radius 3 is 2.27 bits per heavy atom. The van der Waals surface area contributed by atoms with Gasteiger partial charge in [0.1, 0.15) is 5.75 Å². The second-order valence-electron chi connectivity index (χ2n) is 8.71. The molecule has 2 heterocycles. The minimum absolute atomic E-state index is 0. The number of benzene rings is 2. The topological polar surface area (TPSA) is 58.7 Å². The molecular formula is C24H31Cl2F3N2O2. The zero-order chi connectivity index (χ0) is 22.2. The van der Waals surface area contributed by atoms with Crippen molar-refractivity contribution in [3.8, 4) is 5.75 Å². The van der Waals surface area contributed by atoms with Gasteiger partial charge in [0.15, 0.2) is 0 Å². The molecule has 184 valence electrons. The zero-order valence-corrected chi connectivity index (χ0v) is 20.1. The first kappa shape index (κ1) is 27.7. The molecule has 1 saturated heterocycles. The van der Waals surface area contributed by atoms with Crippen molar-refractivity contribution in [1.29, 1.82) is 0 Å². The number of aromatic hydroxyl groups is 1. The van der Waals surface area contributed by atoms with Gasteiger partial charge in [-0.2, -0.15) is 13.2 Å². The molecule has 9 heteroatoms. The summed E-state index contributed by atoms with van der Waals surface area (Å²) in [5.41, 5.74) is 9.04. The van der Waals surface area contributed by atoms with Gasteiger partial charge in [-0.1, -0.05) is 24.3 Å². The number of nitrogens with zero attached hydrogens (tertiary/aromatic N) is 1. The number of rotatable bonds is 4. The fraction of sp³-hybridized carbons (Fsp3) is 0.500. The van der Waals surface area contributed by atoms with Gasteiger partial charge in [-0.3, -0.25) is 4.90 Å². The van der Waals surface area contributed by atoms with E-state index in [-0.39, 0.29) is 37.0 Å². The third-order valence-corrected chi connectivity index (χ3v) is 6.67. The molecule has 0 saturated carbocycles. The lowest BCUT2D eigenvalue weighted by Crippen LogP contribution is -2.41. The van der Waals surface area contributed by atoms with Crippen molar-refractivity contribution in [1.82, 2.24) is 4.90 Å². The van der Waals surface area contributed by atoms with E-state index >= 15 is 0 Å². The van der Waals surface area contributed by atoms with Crippen LogP contribution in [0.1, 0.15) is 46.8 Å². The van der Waals surface area contributed by atoms with E-state index in [1.165, 1.54) is 0 Å². The minimum atomic E-state index is -4.30. The lowest BCUT2D eigenvalue weighted by atomic mass is 9.83. The predicted octanol–water partition coefficient (Wildman–Crippen LogP) is 5.42. The largest absolute Gasteiger partial charge is 0.507 e. The third kappa shape index (κ3) is 6.14. The van der Waals surface area contributed by atoms with Gasteiger partial charge in [-0.25, -0.2) is 0 Å². The number of likely N-dealkylation sites (tertiary alicyclic amines) is 1. The highest BCUT2D eigenvalue weighted by Gasteiger charge is 2.35. The molecule has 0 amide bonds. The number of halogens is 5. The Morgan fingerprint density at radius 2 is 1.70 bits per heavy atom. The smallest absolute Gasteiger partial charge is 0.416 e. The number of hydrogen-bond donors (Lipinski definition) is 2. The molecular weight excluding hydrogens is 476 g/mol. The summed E-state index contributed by atoms with van der Waals surface area (Å²) in [6, 6.07) is 9.33. The van der Waals surface area contributed by atoms with Crippen LogP contribution in [0, 0.1) is 12.8 Å². The number of piperidine rings is 1. The molecule has 0 bridgehead atoms. The van der Waals surface area contributed by atoms with Crippen LogP contribution in [0.5, 0.6) is 5.75 Å². The first-order chi connectivity index (χ1) is 14.8. The van der Waals surface area contributed by atoms with Crippen molar-refractivity contribution in [2.24, 2.45) is 11.7 Å². The number of fused-ring (bicyclic) bond motifs is 1. The van der Waals surface area contributed by atoms with Gasteiger partial charge < -0.3 is 15.6 Å². The summed E-state index contributed by atoms with van der Waals surface area (Å²) >= 11 is 0. The van der Waals surface area contributed by atoms with E-state index in [2.05, 4.69) is 4.90 Å². The molecule has 2 aromatic carbocycles. The maximum absolute atomic E-state index is 12.7. The molecule has 4 nitrogen and oxygen atoms in total. The summed E-state index contributed by atoms with van der Waals surface area (Å²) in [5.74, 6) is 0.718. The van der Waals surface area contributed by atoms with Crippen LogP contribution >= 0.6 is 24.8 Å². The number of phenols is 1. The number of alkyl halides is 3. The van der Waals surface area contributed by atoms with Crippen molar-refractivity contribution in [3.63, 3.8) is 0 Å². The summed E-state index contributed by atoms with van der Waals surface area (Å²) in [4.78, 5) is 2.28. The molecule has 3 N–H and O–H groups in total. The third-order valence-electron chi connectivity index (χ3n) is 6.67. The lowest BCUT2D eigenvalue weighted by Gasteiger charge is -2.40. The number of nitrogens with two attached hydrogens (primary N) is 1. The number of ether oxygens (including phenoxy) is 1.